The van der Waals surface area contributed by atoms with Crippen LogP contribution in [0.25, 0.3) is 22.2 Å². The number of nitrogens with zero attached hydrogens (tertiary/aromatic N) is 7. The second kappa shape index (κ2) is 9.26. The molecule has 0 saturated carbocycles. The Morgan fingerprint density at radius 3 is 2.71 bits per heavy atom. The van der Waals surface area contributed by atoms with Crippen LogP contribution in [0.3, 0.4) is 0 Å². The first-order valence-corrected chi connectivity index (χ1v) is 11.1. The van der Waals surface area contributed by atoms with Crippen molar-refractivity contribution < 1.29 is 4.92 Å². The molecule has 0 saturated heterocycles. The molecule has 0 aliphatic rings. The van der Waals surface area contributed by atoms with E-state index >= 15 is 0 Å². The summed E-state index contributed by atoms with van der Waals surface area (Å²) in [5.41, 5.74) is 5.19. The summed E-state index contributed by atoms with van der Waals surface area (Å²) in [6.45, 7) is 4.63. The third kappa shape index (κ3) is 4.96. The molecule has 5 rings (SSSR count). The van der Waals surface area contributed by atoms with Gasteiger partial charge in [0.2, 0.25) is 0 Å². The average molecular weight is 467 g/mol. The van der Waals surface area contributed by atoms with E-state index in [0.717, 1.165) is 33.3 Å². The van der Waals surface area contributed by atoms with Gasteiger partial charge in [-0.2, -0.15) is 10.2 Å². The van der Waals surface area contributed by atoms with Gasteiger partial charge >= 0.3 is 0 Å². The SMILES string of the molecule is CC(C)c1cnnc(Nc2ccc3ncc(-c4cnn(Cc5cccc([N+](=O)[O-])c5)c4)cc3n2)c1. The molecule has 4 aromatic heterocycles. The summed E-state index contributed by atoms with van der Waals surface area (Å²) in [5, 5.41) is 26.9. The van der Waals surface area contributed by atoms with E-state index in [1.54, 1.807) is 35.4 Å². The summed E-state index contributed by atoms with van der Waals surface area (Å²) in [6, 6.07) is 14.2. The van der Waals surface area contributed by atoms with Crippen LogP contribution >= 0.6 is 0 Å². The largest absolute Gasteiger partial charge is 0.323 e. The lowest BCUT2D eigenvalue weighted by atomic mass is 10.1. The molecule has 1 N–H and O–H groups in total. The molecule has 0 aliphatic carbocycles. The van der Waals surface area contributed by atoms with Gasteiger partial charge in [0.15, 0.2) is 5.82 Å². The van der Waals surface area contributed by atoms with Crippen molar-refractivity contribution in [1.29, 1.82) is 0 Å². The number of rotatable bonds is 7. The van der Waals surface area contributed by atoms with Gasteiger partial charge < -0.3 is 5.32 Å². The molecule has 0 atom stereocenters. The van der Waals surface area contributed by atoms with Crippen LogP contribution < -0.4 is 5.32 Å². The number of anilines is 2. The smallest absolute Gasteiger partial charge is 0.269 e. The van der Waals surface area contributed by atoms with Gasteiger partial charge in [0, 0.05) is 35.7 Å². The third-order valence-electron chi connectivity index (χ3n) is 5.57. The molecule has 0 unspecified atom stereocenters. The number of non-ortho nitro benzene ring substituents is 1. The molecule has 5 aromatic rings. The normalized spacial score (nSPS) is 11.2. The summed E-state index contributed by atoms with van der Waals surface area (Å²) in [4.78, 5) is 19.9. The lowest BCUT2D eigenvalue weighted by molar-refractivity contribution is -0.384. The Balaban J connectivity index is 1.38. The maximum Gasteiger partial charge on any atom is 0.269 e. The number of nitro benzene ring substituents is 1. The molecule has 0 radical (unpaired) electrons. The van der Waals surface area contributed by atoms with Gasteiger partial charge in [-0.25, -0.2) is 4.98 Å². The molecule has 1 aromatic carbocycles. The first kappa shape index (κ1) is 22.1. The molecule has 0 fully saturated rings. The highest BCUT2D eigenvalue weighted by Crippen LogP contribution is 2.24. The fourth-order valence-corrected chi connectivity index (χ4v) is 3.68. The zero-order chi connectivity index (χ0) is 24.4. The van der Waals surface area contributed by atoms with Crippen LogP contribution in [0.5, 0.6) is 0 Å². The third-order valence-corrected chi connectivity index (χ3v) is 5.57. The summed E-state index contributed by atoms with van der Waals surface area (Å²) in [5.74, 6) is 1.63. The predicted octanol–water partition coefficient (Wildman–Crippen LogP) is 5.11. The molecule has 4 heterocycles. The first-order valence-electron chi connectivity index (χ1n) is 11.1. The molecule has 35 heavy (non-hydrogen) atoms. The number of fused-ring (bicyclic) bond motifs is 1. The fraction of sp³-hybridized carbons (Fsp3) is 0.160. The van der Waals surface area contributed by atoms with Crippen molar-refractivity contribution >= 4 is 28.4 Å². The average Bonchev–Trinajstić information content (AvgIpc) is 3.32. The zero-order valence-electron chi connectivity index (χ0n) is 19.2. The van der Waals surface area contributed by atoms with Crippen molar-refractivity contribution in [2.24, 2.45) is 0 Å². The molecular formula is C25H22N8O2. The fourth-order valence-electron chi connectivity index (χ4n) is 3.68. The molecule has 10 nitrogen and oxygen atoms in total. The van der Waals surface area contributed by atoms with Crippen LogP contribution in [0.4, 0.5) is 17.3 Å². The van der Waals surface area contributed by atoms with E-state index in [-0.39, 0.29) is 5.69 Å². The Bertz CT molecular complexity index is 1530. The van der Waals surface area contributed by atoms with Crippen LogP contribution in [0.2, 0.25) is 0 Å². The zero-order valence-corrected chi connectivity index (χ0v) is 19.2. The minimum absolute atomic E-state index is 0.0611. The molecule has 0 bridgehead atoms. The number of hydrogen-bond acceptors (Lipinski definition) is 8. The molecular weight excluding hydrogens is 444 g/mol. The van der Waals surface area contributed by atoms with Gasteiger partial charge in [0.1, 0.15) is 5.82 Å². The van der Waals surface area contributed by atoms with E-state index in [9.17, 15) is 10.1 Å². The van der Waals surface area contributed by atoms with Crippen molar-refractivity contribution in [2.75, 3.05) is 5.32 Å². The van der Waals surface area contributed by atoms with E-state index < -0.39 is 4.92 Å². The van der Waals surface area contributed by atoms with Crippen molar-refractivity contribution in [1.82, 2.24) is 29.9 Å². The number of nitro groups is 1. The van der Waals surface area contributed by atoms with Crippen LogP contribution in [0, 0.1) is 10.1 Å². The summed E-state index contributed by atoms with van der Waals surface area (Å²) >= 11 is 0. The van der Waals surface area contributed by atoms with Gasteiger partial charge in [-0.15, -0.1) is 5.10 Å². The first-order chi connectivity index (χ1) is 16.9. The van der Waals surface area contributed by atoms with E-state index in [1.165, 1.54) is 6.07 Å². The van der Waals surface area contributed by atoms with Crippen LogP contribution in [0.15, 0.2) is 73.3 Å². The maximum absolute atomic E-state index is 11.0. The van der Waals surface area contributed by atoms with Gasteiger partial charge in [-0.05, 0) is 41.3 Å². The monoisotopic (exact) mass is 466 g/mol. The topological polar surface area (TPSA) is 125 Å². The Kier molecular flexibility index (Phi) is 5.84. The quantitative estimate of drug-likeness (QED) is 0.259. The van der Waals surface area contributed by atoms with Crippen LogP contribution in [-0.2, 0) is 6.54 Å². The Hall–Kier alpha value is -4.73. The summed E-state index contributed by atoms with van der Waals surface area (Å²) in [6.07, 6.45) is 7.18. The number of pyridine rings is 2. The lowest BCUT2D eigenvalue weighted by Crippen LogP contribution is -2.00. The lowest BCUT2D eigenvalue weighted by Gasteiger charge is -2.09. The summed E-state index contributed by atoms with van der Waals surface area (Å²) in [7, 11) is 0. The Morgan fingerprint density at radius 2 is 1.89 bits per heavy atom. The van der Waals surface area contributed by atoms with Crippen molar-refractivity contribution in [2.45, 2.75) is 26.3 Å². The Morgan fingerprint density at radius 1 is 1.00 bits per heavy atom. The summed E-state index contributed by atoms with van der Waals surface area (Å²) < 4.78 is 1.74. The molecule has 0 amide bonds. The second-order valence-electron chi connectivity index (χ2n) is 8.47. The predicted molar refractivity (Wildman–Crippen MR) is 132 cm³/mol. The highest BCUT2D eigenvalue weighted by atomic mass is 16.6. The van der Waals surface area contributed by atoms with Gasteiger partial charge in [0.25, 0.3) is 5.69 Å². The maximum atomic E-state index is 11.0. The van der Waals surface area contributed by atoms with Gasteiger partial charge in [0.05, 0.1) is 34.9 Å². The van der Waals surface area contributed by atoms with Gasteiger partial charge in [-0.1, -0.05) is 26.0 Å². The highest BCUT2D eigenvalue weighted by Gasteiger charge is 2.10. The van der Waals surface area contributed by atoms with E-state index in [2.05, 4.69) is 39.4 Å². The van der Waals surface area contributed by atoms with Crippen molar-refractivity contribution in [3.8, 4) is 11.1 Å². The van der Waals surface area contributed by atoms with Crippen LogP contribution in [-0.4, -0.2) is 34.9 Å². The van der Waals surface area contributed by atoms with Crippen molar-refractivity contribution in [3.05, 3.63) is 94.6 Å². The van der Waals surface area contributed by atoms with Crippen molar-refractivity contribution in [3.63, 3.8) is 0 Å². The standard InChI is InChI=1S/C25H22N8O2/c1-16(2)18-10-25(31-27-12-18)30-24-7-6-22-23(29-24)9-19(11-26-22)20-13-28-32(15-20)14-17-4-3-5-21(8-17)33(34)35/h3-13,15-16H,14H2,1-2H3,(H,29,30,31). The Labute approximate surface area is 200 Å². The number of benzene rings is 1. The van der Waals surface area contributed by atoms with E-state index in [0.29, 0.717) is 24.1 Å². The van der Waals surface area contributed by atoms with Crippen LogP contribution in [0.1, 0.15) is 30.9 Å². The number of aromatic nitrogens is 6. The van der Waals surface area contributed by atoms with E-state index in [4.69, 9.17) is 4.98 Å². The minimum atomic E-state index is -0.400. The number of nitrogens with one attached hydrogen (secondary N) is 1. The highest BCUT2D eigenvalue weighted by molar-refractivity contribution is 5.81. The number of hydrogen-bond donors (Lipinski definition) is 1. The second-order valence-corrected chi connectivity index (χ2v) is 8.47. The van der Waals surface area contributed by atoms with Gasteiger partial charge in [-0.3, -0.25) is 19.8 Å². The molecule has 174 valence electrons. The molecule has 0 spiro atoms. The van der Waals surface area contributed by atoms with E-state index in [1.807, 2.05) is 36.5 Å². The molecule has 10 heteroatoms. The molecule has 0 aliphatic heterocycles. The minimum Gasteiger partial charge on any atom is -0.323 e.